The monoisotopic (exact) mass is 335 g/mol. The van der Waals surface area contributed by atoms with Crippen molar-refractivity contribution in [3.8, 4) is 0 Å². The van der Waals surface area contributed by atoms with Crippen molar-refractivity contribution in [3.05, 3.63) is 41.7 Å². The number of aromatic nitrogens is 2. The predicted octanol–water partition coefficient (Wildman–Crippen LogP) is 2.68. The summed E-state index contributed by atoms with van der Waals surface area (Å²) < 4.78 is 25.5. The zero-order valence-corrected chi connectivity index (χ0v) is 14.5. The first kappa shape index (κ1) is 17.2. The Hall–Kier alpha value is -2.15. The zero-order chi connectivity index (χ0) is 17.2. The van der Waals surface area contributed by atoms with Gasteiger partial charge in [-0.3, -0.25) is 9.48 Å². The molecule has 0 fully saturated rings. The quantitative estimate of drug-likeness (QED) is 0.911. The number of hydrogen-bond donors (Lipinski definition) is 1. The van der Waals surface area contributed by atoms with Crippen molar-refractivity contribution >= 4 is 21.4 Å². The number of carbonyl (C=O) groups excluding carboxylic acids is 1. The van der Waals surface area contributed by atoms with E-state index in [1.807, 2.05) is 20.8 Å². The van der Waals surface area contributed by atoms with Crippen LogP contribution in [0.4, 0.5) is 5.69 Å². The zero-order valence-electron chi connectivity index (χ0n) is 13.7. The maximum Gasteiger partial charge on any atom is 0.255 e. The van der Waals surface area contributed by atoms with Crippen LogP contribution in [-0.4, -0.2) is 30.4 Å². The van der Waals surface area contributed by atoms with Crippen LogP contribution in [0.2, 0.25) is 0 Å². The fraction of sp³-hybridized carbons (Fsp3) is 0.375. The predicted molar refractivity (Wildman–Crippen MR) is 89.5 cm³/mol. The van der Waals surface area contributed by atoms with E-state index in [0.717, 1.165) is 6.26 Å². The highest BCUT2D eigenvalue weighted by Gasteiger charge is 2.16. The number of nitrogens with zero attached hydrogens (tertiary/aromatic N) is 2. The van der Waals surface area contributed by atoms with E-state index in [-0.39, 0.29) is 16.8 Å². The van der Waals surface area contributed by atoms with Gasteiger partial charge in [0.05, 0.1) is 16.8 Å². The molecule has 124 valence electrons. The molecule has 2 rings (SSSR count). The minimum Gasteiger partial charge on any atom is -0.319 e. The molecule has 0 saturated carbocycles. The lowest BCUT2D eigenvalue weighted by Crippen LogP contribution is -2.13. The Bertz CT molecular complexity index is 823. The topological polar surface area (TPSA) is 81.1 Å². The van der Waals surface area contributed by atoms with E-state index < -0.39 is 9.84 Å². The van der Waals surface area contributed by atoms with E-state index in [4.69, 9.17) is 0 Å². The first-order valence-corrected chi connectivity index (χ1v) is 9.30. The summed E-state index contributed by atoms with van der Waals surface area (Å²) in [5, 5.41) is 6.89. The molecular formula is C16H21N3O3S. The molecule has 1 aromatic heterocycles. The van der Waals surface area contributed by atoms with E-state index in [9.17, 15) is 13.2 Å². The lowest BCUT2D eigenvalue weighted by molar-refractivity contribution is 0.102. The number of benzene rings is 1. The van der Waals surface area contributed by atoms with Crippen LogP contribution in [0, 0.1) is 0 Å². The molecule has 0 spiro atoms. The van der Waals surface area contributed by atoms with E-state index in [1.165, 1.54) is 6.07 Å². The van der Waals surface area contributed by atoms with E-state index in [1.54, 1.807) is 29.2 Å². The normalized spacial score (nSPS) is 11.7. The number of aryl methyl sites for hydroxylation is 1. The number of anilines is 1. The van der Waals surface area contributed by atoms with Gasteiger partial charge in [-0.15, -0.1) is 0 Å². The third-order valence-electron chi connectivity index (χ3n) is 3.50. The fourth-order valence-corrected chi connectivity index (χ4v) is 3.25. The van der Waals surface area contributed by atoms with Crippen molar-refractivity contribution in [1.82, 2.24) is 9.78 Å². The van der Waals surface area contributed by atoms with Crippen LogP contribution in [-0.2, 0) is 16.3 Å². The molecular weight excluding hydrogens is 314 g/mol. The van der Waals surface area contributed by atoms with Crippen LogP contribution in [0.3, 0.4) is 0 Å². The number of sulfone groups is 1. The third-order valence-corrected chi connectivity index (χ3v) is 4.68. The molecule has 0 atom stereocenters. The molecule has 7 heteroatoms. The number of hydrogen-bond acceptors (Lipinski definition) is 4. The lowest BCUT2D eigenvalue weighted by Gasteiger charge is -2.09. The standard InChI is InChI=1S/C16H21N3O3S/c1-5-12-6-7-13(8-15(12)23(4,21)22)16(20)18-14-9-17-19(10-14)11(2)3/h6-11H,5H2,1-4H3,(H,18,20). The van der Waals surface area contributed by atoms with Crippen molar-refractivity contribution in [2.75, 3.05) is 11.6 Å². The van der Waals surface area contributed by atoms with Crippen molar-refractivity contribution < 1.29 is 13.2 Å². The summed E-state index contributed by atoms with van der Waals surface area (Å²) in [6.07, 6.45) is 5.04. The SMILES string of the molecule is CCc1ccc(C(=O)Nc2cnn(C(C)C)c2)cc1S(C)(=O)=O. The number of carbonyl (C=O) groups is 1. The Balaban J connectivity index is 2.29. The Labute approximate surface area is 136 Å². The second-order valence-corrected chi connectivity index (χ2v) is 7.69. The summed E-state index contributed by atoms with van der Waals surface area (Å²) in [7, 11) is -3.38. The molecule has 1 N–H and O–H groups in total. The molecule has 0 unspecified atom stereocenters. The highest BCUT2D eigenvalue weighted by atomic mass is 32.2. The van der Waals surface area contributed by atoms with Crippen molar-refractivity contribution in [2.45, 2.75) is 38.1 Å². The summed E-state index contributed by atoms with van der Waals surface area (Å²) in [5.41, 5.74) is 1.58. The first-order chi connectivity index (χ1) is 10.7. The van der Waals surface area contributed by atoms with E-state index in [2.05, 4.69) is 10.4 Å². The highest BCUT2D eigenvalue weighted by molar-refractivity contribution is 7.90. The molecule has 1 amide bonds. The molecule has 0 aliphatic carbocycles. The fourth-order valence-electron chi connectivity index (χ4n) is 2.22. The summed E-state index contributed by atoms with van der Waals surface area (Å²) in [6.45, 7) is 5.85. The molecule has 6 nitrogen and oxygen atoms in total. The molecule has 0 bridgehead atoms. The molecule has 0 aliphatic heterocycles. The van der Waals surface area contributed by atoms with Gasteiger partial charge < -0.3 is 5.32 Å². The van der Waals surface area contributed by atoms with Crippen LogP contribution in [0.25, 0.3) is 0 Å². The van der Waals surface area contributed by atoms with Gasteiger partial charge in [-0.25, -0.2) is 8.42 Å². The minimum atomic E-state index is -3.38. The summed E-state index contributed by atoms with van der Waals surface area (Å²) in [5.74, 6) is -0.360. The van der Waals surface area contributed by atoms with Gasteiger partial charge in [0.2, 0.25) is 0 Å². The van der Waals surface area contributed by atoms with E-state index >= 15 is 0 Å². The van der Waals surface area contributed by atoms with Gasteiger partial charge in [0, 0.05) is 24.1 Å². The van der Waals surface area contributed by atoms with Crippen LogP contribution in [0.15, 0.2) is 35.5 Å². The van der Waals surface area contributed by atoms with Gasteiger partial charge in [0.1, 0.15) is 0 Å². The number of nitrogens with one attached hydrogen (secondary N) is 1. The van der Waals surface area contributed by atoms with E-state index in [0.29, 0.717) is 23.2 Å². The minimum absolute atomic E-state index is 0.196. The molecule has 1 aromatic carbocycles. The molecule has 0 saturated heterocycles. The summed E-state index contributed by atoms with van der Waals surface area (Å²) >= 11 is 0. The second kappa shape index (κ2) is 6.54. The third kappa shape index (κ3) is 3.98. The smallest absolute Gasteiger partial charge is 0.255 e. The maximum absolute atomic E-state index is 12.3. The highest BCUT2D eigenvalue weighted by Crippen LogP contribution is 2.20. The first-order valence-electron chi connectivity index (χ1n) is 7.41. The van der Waals surface area contributed by atoms with Crippen LogP contribution in [0.5, 0.6) is 0 Å². The molecule has 0 aliphatic rings. The van der Waals surface area contributed by atoms with Gasteiger partial charge in [0.25, 0.3) is 5.91 Å². The molecule has 1 heterocycles. The van der Waals surface area contributed by atoms with Crippen LogP contribution in [0.1, 0.15) is 42.7 Å². The van der Waals surface area contributed by atoms with Crippen LogP contribution >= 0.6 is 0 Å². The molecule has 0 radical (unpaired) electrons. The van der Waals surface area contributed by atoms with Gasteiger partial charge in [0.15, 0.2) is 9.84 Å². The lowest BCUT2D eigenvalue weighted by atomic mass is 10.1. The van der Waals surface area contributed by atoms with Gasteiger partial charge in [-0.2, -0.15) is 5.10 Å². The summed E-state index contributed by atoms with van der Waals surface area (Å²) in [6, 6.07) is 4.94. The van der Waals surface area contributed by atoms with Crippen molar-refractivity contribution in [1.29, 1.82) is 0 Å². The van der Waals surface area contributed by atoms with Crippen LogP contribution < -0.4 is 5.32 Å². The number of rotatable bonds is 5. The maximum atomic E-state index is 12.3. The Kier molecular flexibility index (Phi) is 4.89. The summed E-state index contributed by atoms with van der Waals surface area (Å²) in [4.78, 5) is 12.5. The van der Waals surface area contributed by atoms with Crippen molar-refractivity contribution in [2.24, 2.45) is 0 Å². The second-order valence-electron chi connectivity index (χ2n) is 5.71. The Morgan fingerprint density at radius 1 is 1.35 bits per heavy atom. The molecule has 23 heavy (non-hydrogen) atoms. The average molecular weight is 335 g/mol. The Morgan fingerprint density at radius 2 is 2.04 bits per heavy atom. The largest absolute Gasteiger partial charge is 0.319 e. The van der Waals surface area contributed by atoms with Gasteiger partial charge in [-0.05, 0) is 38.0 Å². The van der Waals surface area contributed by atoms with Gasteiger partial charge in [-0.1, -0.05) is 13.0 Å². The van der Waals surface area contributed by atoms with Crippen molar-refractivity contribution in [3.63, 3.8) is 0 Å². The van der Waals surface area contributed by atoms with Gasteiger partial charge >= 0.3 is 0 Å². The molecule has 2 aromatic rings. The Morgan fingerprint density at radius 3 is 2.57 bits per heavy atom. The number of amides is 1. The average Bonchev–Trinajstić information content (AvgIpc) is 2.94.